The number of benzene rings is 1. The lowest BCUT2D eigenvalue weighted by atomic mass is 9.86. The molecule has 2 aliphatic heterocycles. The first-order valence-electron chi connectivity index (χ1n) is 9.09. The molecule has 0 radical (unpaired) electrons. The van der Waals surface area contributed by atoms with Crippen LogP contribution < -0.4 is 5.32 Å². The van der Waals surface area contributed by atoms with E-state index in [1.807, 2.05) is 6.92 Å². The van der Waals surface area contributed by atoms with Crippen molar-refractivity contribution in [2.24, 2.45) is 0 Å². The van der Waals surface area contributed by atoms with Crippen LogP contribution in [-0.4, -0.2) is 54.7 Å². The Labute approximate surface area is 188 Å². The first-order valence-corrected chi connectivity index (χ1v) is 11.6. The molecule has 0 aromatic heterocycles. The second kappa shape index (κ2) is 7.87. The van der Waals surface area contributed by atoms with Gasteiger partial charge >= 0.3 is 5.97 Å². The summed E-state index contributed by atoms with van der Waals surface area (Å²) < 4.78 is -0.651. The number of carbonyl (C=O) groups is 3. The van der Waals surface area contributed by atoms with Crippen LogP contribution in [0.4, 0.5) is 0 Å². The minimum atomic E-state index is -1.14. The number of hydrogen-bond donors (Lipinski definition) is 2. The number of β-lactam (4-membered cyclic amide) rings is 1. The highest BCUT2D eigenvalue weighted by Gasteiger charge is 2.70. The lowest BCUT2D eigenvalue weighted by molar-refractivity contribution is -0.167. The van der Waals surface area contributed by atoms with Crippen LogP contribution in [0.25, 0.3) is 0 Å². The maximum atomic E-state index is 13.0. The number of fused-ring (bicyclic) bond motifs is 1. The molecule has 1 aromatic carbocycles. The number of thioether (sulfide) groups is 2. The number of carbonyl (C=O) groups excluding carboxylic acids is 2. The van der Waals surface area contributed by atoms with Crippen LogP contribution in [-0.2, 0) is 14.4 Å². The van der Waals surface area contributed by atoms with E-state index in [0.717, 1.165) is 0 Å². The summed E-state index contributed by atoms with van der Waals surface area (Å²) in [6.45, 7) is 7.14. The number of rotatable bonds is 6. The van der Waals surface area contributed by atoms with E-state index in [1.54, 1.807) is 39.0 Å². The molecular formula is C19H22Cl2N2O4S2. The molecule has 0 spiro atoms. The number of halogens is 2. The van der Waals surface area contributed by atoms with Crippen molar-refractivity contribution in [1.82, 2.24) is 10.2 Å². The maximum absolute atomic E-state index is 13.0. The lowest BCUT2D eigenvalue weighted by Crippen LogP contribution is -2.78. The summed E-state index contributed by atoms with van der Waals surface area (Å²) in [4.78, 5) is 39.6. The van der Waals surface area contributed by atoms with Gasteiger partial charge in [0.15, 0.2) is 0 Å². The van der Waals surface area contributed by atoms with Gasteiger partial charge in [0.05, 0.1) is 10.3 Å². The second-order valence-electron chi connectivity index (χ2n) is 7.81. The highest BCUT2D eigenvalue weighted by molar-refractivity contribution is 8.01. The van der Waals surface area contributed by atoms with Crippen molar-refractivity contribution >= 4 is 64.5 Å². The van der Waals surface area contributed by atoms with E-state index in [1.165, 1.54) is 28.4 Å². The summed E-state index contributed by atoms with van der Waals surface area (Å²) in [5.74, 6) is -1.70. The van der Waals surface area contributed by atoms with Crippen molar-refractivity contribution in [2.75, 3.05) is 0 Å². The Hall–Kier alpha value is -1.09. The number of amides is 2. The maximum Gasteiger partial charge on any atom is 0.327 e. The molecule has 0 aliphatic carbocycles. The van der Waals surface area contributed by atoms with Crippen LogP contribution in [0.1, 0.15) is 34.1 Å². The minimum absolute atomic E-state index is 0.291. The monoisotopic (exact) mass is 476 g/mol. The number of nitrogens with one attached hydrogen (secondary N) is 1. The van der Waals surface area contributed by atoms with Gasteiger partial charge in [0, 0.05) is 14.7 Å². The summed E-state index contributed by atoms with van der Waals surface area (Å²) in [6, 6.07) is 4.14. The summed E-state index contributed by atoms with van der Waals surface area (Å²) >= 11 is 14.9. The van der Waals surface area contributed by atoms with E-state index in [9.17, 15) is 19.5 Å². The Morgan fingerprint density at radius 3 is 2.59 bits per heavy atom. The van der Waals surface area contributed by atoms with Gasteiger partial charge in [0.25, 0.3) is 5.91 Å². The fraction of sp³-hybridized carbons (Fsp3) is 0.526. The molecule has 1 unspecified atom stereocenters. The van der Waals surface area contributed by atoms with E-state index < -0.39 is 32.9 Å². The van der Waals surface area contributed by atoms with Crippen LogP contribution >= 0.6 is 46.7 Å². The zero-order valence-electron chi connectivity index (χ0n) is 16.4. The standard InChI is InChI=1S/C19H22Cl2N2O4S2/c1-5-11(28-12-8-9(20)6-7-10(12)21)14(24)22-19(4)16(27)23-13(15(25)26)18(2,3)29-17(19)23/h6-8,11,13,17H,5H2,1-4H3,(H,22,24)(H,25,26)/t11?,13-,17+,19-/m0/s1. The molecule has 0 saturated carbocycles. The van der Waals surface area contributed by atoms with Gasteiger partial charge < -0.3 is 15.3 Å². The third-order valence-corrected chi connectivity index (χ3v) is 9.07. The van der Waals surface area contributed by atoms with Crippen molar-refractivity contribution in [3.8, 4) is 0 Å². The number of hydrogen-bond acceptors (Lipinski definition) is 5. The zero-order chi connectivity index (χ0) is 21.7. The Morgan fingerprint density at radius 2 is 2.00 bits per heavy atom. The molecule has 4 atom stereocenters. The summed E-state index contributed by atoms with van der Waals surface area (Å²) in [5, 5.41) is 12.6. The Balaban J connectivity index is 1.77. The third-order valence-electron chi connectivity index (χ3n) is 5.22. The quantitative estimate of drug-likeness (QED) is 0.478. The van der Waals surface area contributed by atoms with Crippen molar-refractivity contribution in [1.29, 1.82) is 0 Å². The normalized spacial score (nSPS) is 28.5. The summed E-state index contributed by atoms with van der Waals surface area (Å²) in [6.07, 6.45) is 0.522. The summed E-state index contributed by atoms with van der Waals surface area (Å²) in [7, 11) is 0. The molecule has 1 aromatic rings. The smallest absolute Gasteiger partial charge is 0.327 e. The fourth-order valence-electron chi connectivity index (χ4n) is 3.72. The SMILES string of the molecule is CCC(Sc1cc(Cl)ccc1Cl)C(=O)N[C@@]1(C)C(=O)N2[C@@H](C(=O)O)C(C)(C)S[C@@H]21. The van der Waals surface area contributed by atoms with Crippen molar-refractivity contribution < 1.29 is 19.5 Å². The molecular weight excluding hydrogens is 455 g/mol. The van der Waals surface area contributed by atoms with Crippen LogP contribution in [0.3, 0.4) is 0 Å². The minimum Gasteiger partial charge on any atom is -0.480 e. The van der Waals surface area contributed by atoms with Crippen LogP contribution in [0.2, 0.25) is 10.0 Å². The number of carboxylic acids is 1. The number of nitrogens with zero attached hydrogens (tertiary/aromatic N) is 1. The van der Waals surface area contributed by atoms with Crippen molar-refractivity contribution in [3.05, 3.63) is 28.2 Å². The summed E-state index contributed by atoms with van der Waals surface area (Å²) in [5.41, 5.74) is -1.14. The molecule has 2 N–H and O–H groups in total. The number of aliphatic carboxylic acids is 1. The van der Waals surface area contributed by atoms with Gasteiger partial charge in [0.2, 0.25) is 5.91 Å². The number of carboxylic acid groups (broad SMARTS) is 1. The van der Waals surface area contributed by atoms with E-state index in [4.69, 9.17) is 23.2 Å². The highest BCUT2D eigenvalue weighted by Crippen LogP contribution is 2.54. The highest BCUT2D eigenvalue weighted by atomic mass is 35.5. The molecule has 6 nitrogen and oxygen atoms in total. The average molecular weight is 477 g/mol. The van der Waals surface area contributed by atoms with Crippen LogP contribution in [0.5, 0.6) is 0 Å². The lowest BCUT2D eigenvalue weighted by Gasteiger charge is -2.51. The van der Waals surface area contributed by atoms with Gasteiger partial charge in [-0.1, -0.05) is 30.1 Å². The van der Waals surface area contributed by atoms with Gasteiger partial charge in [-0.05, 0) is 45.4 Å². The van der Waals surface area contributed by atoms with E-state index in [-0.39, 0.29) is 11.8 Å². The topological polar surface area (TPSA) is 86.7 Å². The van der Waals surface area contributed by atoms with Gasteiger partial charge in [-0.3, -0.25) is 9.59 Å². The first kappa shape index (κ1) is 22.6. The molecule has 10 heteroatoms. The van der Waals surface area contributed by atoms with E-state index in [0.29, 0.717) is 21.4 Å². The van der Waals surface area contributed by atoms with Crippen LogP contribution in [0.15, 0.2) is 23.1 Å². The third kappa shape index (κ3) is 3.84. The molecule has 2 amide bonds. The largest absolute Gasteiger partial charge is 0.480 e. The van der Waals surface area contributed by atoms with E-state index in [2.05, 4.69) is 5.32 Å². The Kier molecular flexibility index (Phi) is 6.13. The first-order chi connectivity index (χ1) is 13.4. The fourth-order valence-corrected chi connectivity index (χ4v) is 6.87. The molecule has 158 valence electrons. The molecule has 29 heavy (non-hydrogen) atoms. The molecule has 3 rings (SSSR count). The predicted molar refractivity (Wildman–Crippen MR) is 117 cm³/mol. The zero-order valence-corrected chi connectivity index (χ0v) is 19.5. The van der Waals surface area contributed by atoms with Gasteiger partial charge in [-0.2, -0.15) is 0 Å². The predicted octanol–water partition coefficient (Wildman–Crippen LogP) is 3.89. The van der Waals surface area contributed by atoms with Crippen LogP contribution in [0, 0.1) is 0 Å². The van der Waals surface area contributed by atoms with Crippen molar-refractivity contribution in [2.45, 2.75) is 66.0 Å². The van der Waals surface area contributed by atoms with E-state index >= 15 is 0 Å². The molecule has 0 bridgehead atoms. The molecule has 2 heterocycles. The van der Waals surface area contributed by atoms with Gasteiger partial charge in [0.1, 0.15) is 17.0 Å². The molecule has 2 fully saturated rings. The Morgan fingerprint density at radius 1 is 1.34 bits per heavy atom. The average Bonchev–Trinajstić information content (AvgIpc) is 2.91. The molecule has 2 aliphatic rings. The van der Waals surface area contributed by atoms with Gasteiger partial charge in [-0.15, -0.1) is 23.5 Å². The molecule has 2 saturated heterocycles. The van der Waals surface area contributed by atoms with Gasteiger partial charge in [-0.25, -0.2) is 4.79 Å². The van der Waals surface area contributed by atoms with Crippen molar-refractivity contribution in [3.63, 3.8) is 0 Å². The Bertz CT molecular complexity index is 882. The second-order valence-corrected chi connectivity index (χ2v) is 11.6.